The second-order valence-electron chi connectivity index (χ2n) is 2.91. The Labute approximate surface area is 88.6 Å². The van der Waals surface area contributed by atoms with Gasteiger partial charge in [-0.1, -0.05) is 6.58 Å². The lowest BCUT2D eigenvalue weighted by Crippen LogP contribution is -2.28. The van der Waals surface area contributed by atoms with Crippen LogP contribution in [0.15, 0.2) is 12.2 Å². The van der Waals surface area contributed by atoms with Gasteiger partial charge >= 0.3 is 16.1 Å². The summed E-state index contributed by atoms with van der Waals surface area (Å²) in [6.45, 7) is 4.71. The van der Waals surface area contributed by atoms with E-state index in [4.69, 9.17) is 4.55 Å². The van der Waals surface area contributed by atoms with E-state index in [2.05, 4.69) is 16.1 Å². The molecule has 6 nitrogen and oxygen atoms in total. The van der Waals surface area contributed by atoms with E-state index >= 15 is 0 Å². The van der Waals surface area contributed by atoms with Gasteiger partial charge in [0.1, 0.15) is 0 Å². The standard InChI is InChI=1S/C8H14O6S/c1-6(2)8(9)14-7(4-5-13-3)15(10,11)12/h7H,1,4-5H2,2-3H3,(H,10,11,12). The summed E-state index contributed by atoms with van der Waals surface area (Å²) in [6.07, 6.45) is -0.131. The Balaban J connectivity index is 4.53. The van der Waals surface area contributed by atoms with Crippen LogP contribution < -0.4 is 0 Å². The molecule has 0 aliphatic carbocycles. The van der Waals surface area contributed by atoms with Gasteiger partial charge in [-0.2, -0.15) is 8.42 Å². The molecule has 0 spiro atoms. The zero-order valence-electron chi connectivity index (χ0n) is 8.60. The maximum Gasteiger partial charge on any atom is 0.334 e. The van der Waals surface area contributed by atoms with Crippen molar-refractivity contribution in [1.82, 2.24) is 0 Å². The van der Waals surface area contributed by atoms with E-state index in [1.165, 1.54) is 14.0 Å². The number of esters is 1. The number of methoxy groups -OCH3 is 1. The van der Waals surface area contributed by atoms with E-state index < -0.39 is 21.5 Å². The molecule has 0 rings (SSSR count). The minimum absolute atomic E-state index is 0.0495. The molecule has 0 radical (unpaired) electrons. The van der Waals surface area contributed by atoms with Gasteiger partial charge in [0, 0.05) is 19.1 Å². The molecule has 15 heavy (non-hydrogen) atoms. The molecule has 7 heteroatoms. The van der Waals surface area contributed by atoms with Gasteiger partial charge in [-0.3, -0.25) is 4.55 Å². The topological polar surface area (TPSA) is 89.9 Å². The molecule has 88 valence electrons. The summed E-state index contributed by atoms with van der Waals surface area (Å²) in [5.74, 6) is -0.867. The van der Waals surface area contributed by atoms with Gasteiger partial charge in [0.15, 0.2) is 0 Å². The molecule has 1 atom stereocenters. The van der Waals surface area contributed by atoms with Gasteiger partial charge < -0.3 is 9.47 Å². The summed E-state index contributed by atoms with van der Waals surface area (Å²) in [7, 11) is -3.07. The van der Waals surface area contributed by atoms with Crippen molar-refractivity contribution in [3.63, 3.8) is 0 Å². The highest BCUT2D eigenvalue weighted by Crippen LogP contribution is 2.09. The van der Waals surface area contributed by atoms with Crippen molar-refractivity contribution < 1.29 is 27.2 Å². The average molecular weight is 238 g/mol. The Kier molecular flexibility index (Phi) is 5.48. The summed E-state index contributed by atoms with van der Waals surface area (Å²) >= 11 is 0. The molecule has 0 amide bonds. The van der Waals surface area contributed by atoms with Crippen molar-refractivity contribution in [3.05, 3.63) is 12.2 Å². The van der Waals surface area contributed by atoms with Gasteiger partial charge in [-0.05, 0) is 6.92 Å². The van der Waals surface area contributed by atoms with Gasteiger partial charge in [-0.15, -0.1) is 0 Å². The first kappa shape index (κ1) is 14.1. The van der Waals surface area contributed by atoms with E-state index in [1.54, 1.807) is 0 Å². The van der Waals surface area contributed by atoms with Crippen LogP contribution in [0.3, 0.4) is 0 Å². The highest BCUT2D eigenvalue weighted by Gasteiger charge is 2.26. The predicted octanol–water partition coefficient (Wildman–Crippen LogP) is 0.356. The Morgan fingerprint density at radius 1 is 1.53 bits per heavy atom. The molecule has 0 heterocycles. The third-order valence-corrected chi connectivity index (χ3v) is 2.47. The van der Waals surface area contributed by atoms with Crippen LogP contribution in [0, 0.1) is 0 Å². The van der Waals surface area contributed by atoms with Crippen LogP contribution in [-0.4, -0.2) is 38.1 Å². The lowest BCUT2D eigenvalue weighted by atomic mass is 10.4. The van der Waals surface area contributed by atoms with Gasteiger partial charge in [0.05, 0.1) is 6.61 Å². The first-order valence-electron chi connectivity index (χ1n) is 4.10. The zero-order chi connectivity index (χ0) is 12.1. The fraction of sp³-hybridized carbons (Fsp3) is 0.625. The summed E-state index contributed by atoms with van der Waals surface area (Å²) in [5.41, 5.74) is -1.55. The summed E-state index contributed by atoms with van der Waals surface area (Å²) in [5, 5.41) is 0. The lowest BCUT2D eigenvalue weighted by molar-refractivity contribution is -0.141. The first-order valence-corrected chi connectivity index (χ1v) is 5.61. The Morgan fingerprint density at radius 3 is 2.40 bits per heavy atom. The minimum atomic E-state index is -4.43. The van der Waals surface area contributed by atoms with Gasteiger partial charge in [0.2, 0.25) is 5.44 Å². The second kappa shape index (κ2) is 5.84. The average Bonchev–Trinajstić information content (AvgIpc) is 2.09. The molecule has 1 unspecified atom stereocenters. The maximum atomic E-state index is 11.0. The molecule has 0 bridgehead atoms. The highest BCUT2D eigenvalue weighted by molar-refractivity contribution is 7.86. The molecule has 0 aromatic carbocycles. The van der Waals surface area contributed by atoms with E-state index in [0.29, 0.717) is 0 Å². The third-order valence-electron chi connectivity index (χ3n) is 1.48. The van der Waals surface area contributed by atoms with Crippen LogP contribution >= 0.6 is 0 Å². The molecule has 1 N–H and O–H groups in total. The third kappa shape index (κ3) is 5.50. The molecule has 0 aromatic rings. The highest BCUT2D eigenvalue weighted by atomic mass is 32.2. The largest absolute Gasteiger partial charge is 0.440 e. The fourth-order valence-electron chi connectivity index (χ4n) is 0.703. The molecule has 0 saturated heterocycles. The number of ether oxygens (including phenoxy) is 2. The number of hydrogen-bond donors (Lipinski definition) is 1. The van der Waals surface area contributed by atoms with Crippen LogP contribution in [0.5, 0.6) is 0 Å². The van der Waals surface area contributed by atoms with Gasteiger partial charge in [0.25, 0.3) is 0 Å². The molecule has 0 aromatic heterocycles. The van der Waals surface area contributed by atoms with Crippen molar-refractivity contribution >= 4 is 16.1 Å². The summed E-state index contributed by atoms with van der Waals surface area (Å²) < 4.78 is 39.5. The van der Waals surface area contributed by atoms with Crippen LogP contribution in [0.25, 0.3) is 0 Å². The van der Waals surface area contributed by atoms with Crippen molar-refractivity contribution in [1.29, 1.82) is 0 Å². The maximum absolute atomic E-state index is 11.0. The normalized spacial score (nSPS) is 13.3. The Hall–Kier alpha value is -0.920. The van der Waals surface area contributed by atoms with Crippen LogP contribution in [-0.2, 0) is 24.4 Å². The Bertz CT molecular complexity index is 331. The number of rotatable bonds is 6. The number of carbonyl (C=O) groups excluding carboxylic acids is 1. The van der Waals surface area contributed by atoms with E-state index in [9.17, 15) is 13.2 Å². The smallest absolute Gasteiger partial charge is 0.334 e. The molecule has 0 aliphatic rings. The number of hydrogen-bond acceptors (Lipinski definition) is 5. The van der Waals surface area contributed by atoms with Crippen molar-refractivity contribution in [2.75, 3.05) is 13.7 Å². The van der Waals surface area contributed by atoms with E-state index in [-0.39, 0.29) is 18.6 Å². The van der Waals surface area contributed by atoms with Crippen LogP contribution in [0.4, 0.5) is 0 Å². The van der Waals surface area contributed by atoms with Crippen LogP contribution in [0.1, 0.15) is 13.3 Å². The van der Waals surface area contributed by atoms with Crippen LogP contribution in [0.2, 0.25) is 0 Å². The van der Waals surface area contributed by atoms with Crippen molar-refractivity contribution in [2.24, 2.45) is 0 Å². The van der Waals surface area contributed by atoms with Gasteiger partial charge in [-0.25, -0.2) is 4.79 Å². The molecule has 0 fully saturated rings. The van der Waals surface area contributed by atoms with E-state index in [1.807, 2.05) is 0 Å². The van der Waals surface area contributed by atoms with Crippen molar-refractivity contribution in [2.45, 2.75) is 18.8 Å². The Morgan fingerprint density at radius 2 is 2.07 bits per heavy atom. The van der Waals surface area contributed by atoms with E-state index in [0.717, 1.165) is 0 Å². The molecular weight excluding hydrogens is 224 g/mol. The summed E-state index contributed by atoms with van der Waals surface area (Å²) in [4.78, 5) is 11.0. The quantitative estimate of drug-likeness (QED) is 0.408. The SMILES string of the molecule is C=C(C)C(=O)OC(CCOC)S(=O)(=O)O. The fourth-order valence-corrected chi connectivity index (χ4v) is 1.31. The molecular formula is C8H14O6S. The lowest BCUT2D eigenvalue weighted by Gasteiger charge is -2.14. The second-order valence-corrected chi connectivity index (χ2v) is 4.47. The van der Waals surface area contributed by atoms with Crippen molar-refractivity contribution in [3.8, 4) is 0 Å². The summed E-state index contributed by atoms with van der Waals surface area (Å²) in [6, 6.07) is 0. The predicted molar refractivity (Wildman–Crippen MR) is 52.7 cm³/mol. The zero-order valence-corrected chi connectivity index (χ0v) is 9.41. The minimum Gasteiger partial charge on any atom is -0.440 e. The number of carbonyl (C=O) groups is 1. The first-order chi connectivity index (χ1) is 6.79. The molecule has 0 saturated carbocycles. The monoisotopic (exact) mass is 238 g/mol. The molecule has 0 aliphatic heterocycles.